The van der Waals surface area contributed by atoms with Gasteiger partial charge in [0.25, 0.3) is 5.91 Å². The number of carbonyl (C=O) groups is 1. The minimum Gasteiger partial charge on any atom is -0.333 e. The molecule has 1 aliphatic heterocycles. The summed E-state index contributed by atoms with van der Waals surface area (Å²) in [7, 11) is -3.64. The third-order valence-corrected chi connectivity index (χ3v) is 6.30. The van der Waals surface area contributed by atoms with E-state index in [-0.39, 0.29) is 10.5 Å². The first-order chi connectivity index (χ1) is 12.9. The number of carbonyl (C=O) groups excluding carboxylic acids is 1. The third kappa shape index (κ3) is 4.15. The van der Waals surface area contributed by atoms with Gasteiger partial charge in [-0.3, -0.25) is 4.79 Å². The summed E-state index contributed by atoms with van der Waals surface area (Å²) in [6.07, 6.45) is 1.64. The molecule has 8 heteroatoms. The number of benzene rings is 2. The zero-order chi connectivity index (χ0) is 19.4. The Hall–Kier alpha value is -2.76. The molecule has 140 valence electrons. The highest BCUT2D eigenvalue weighted by Crippen LogP contribution is 2.22. The summed E-state index contributed by atoms with van der Waals surface area (Å²) in [5.74, 6) is -1.02. The Labute approximate surface area is 157 Å². The van der Waals surface area contributed by atoms with Gasteiger partial charge in [0.2, 0.25) is 10.0 Å². The van der Waals surface area contributed by atoms with Gasteiger partial charge in [0.15, 0.2) is 0 Å². The van der Waals surface area contributed by atoms with E-state index in [1.54, 1.807) is 0 Å². The van der Waals surface area contributed by atoms with Crippen molar-refractivity contribution < 1.29 is 17.6 Å². The van der Waals surface area contributed by atoms with Crippen LogP contribution in [0.3, 0.4) is 0 Å². The molecule has 1 fully saturated rings. The molecule has 0 radical (unpaired) electrons. The van der Waals surface area contributed by atoms with Gasteiger partial charge in [-0.25, -0.2) is 12.8 Å². The van der Waals surface area contributed by atoms with E-state index in [4.69, 9.17) is 0 Å². The Balaban J connectivity index is 1.81. The van der Waals surface area contributed by atoms with Gasteiger partial charge in [0.1, 0.15) is 11.9 Å². The molecular formula is C19H18FN3O3S. The molecule has 1 saturated heterocycles. The quantitative estimate of drug-likeness (QED) is 0.854. The molecule has 2 aromatic carbocycles. The first-order valence-corrected chi connectivity index (χ1v) is 9.92. The maximum absolute atomic E-state index is 13.0. The van der Waals surface area contributed by atoms with Crippen LogP contribution in [0.15, 0.2) is 53.4 Å². The molecule has 0 aromatic heterocycles. The topological polar surface area (TPSA) is 90.3 Å². The molecule has 2 aromatic rings. The minimum absolute atomic E-state index is 0.0485. The van der Waals surface area contributed by atoms with Crippen molar-refractivity contribution in [3.8, 4) is 6.07 Å². The van der Waals surface area contributed by atoms with E-state index in [1.807, 2.05) is 6.07 Å². The second kappa shape index (κ2) is 7.86. The molecule has 1 aliphatic rings. The number of rotatable bonds is 5. The van der Waals surface area contributed by atoms with Crippen LogP contribution in [0, 0.1) is 17.1 Å². The van der Waals surface area contributed by atoms with Crippen LogP contribution in [0.25, 0.3) is 0 Å². The van der Waals surface area contributed by atoms with Crippen LogP contribution < -0.4 is 5.32 Å². The monoisotopic (exact) mass is 387 g/mol. The standard InChI is InChI=1S/C19H18FN3O3S/c20-16-8-6-14(7-9-16)18(13-21)22-19(24)15-4-3-5-17(12-15)27(25,26)23-10-1-2-11-23/h3-9,12,18H,1-2,10-11H2,(H,22,24)/t18-/m1/s1. The van der Waals surface area contributed by atoms with Gasteiger partial charge < -0.3 is 5.32 Å². The summed E-state index contributed by atoms with van der Waals surface area (Å²) in [5.41, 5.74) is 0.575. The average molecular weight is 387 g/mol. The van der Waals surface area contributed by atoms with E-state index in [1.165, 1.54) is 52.8 Å². The van der Waals surface area contributed by atoms with E-state index < -0.39 is 27.8 Å². The van der Waals surface area contributed by atoms with E-state index in [0.717, 1.165) is 12.8 Å². The van der Waals surface area contributed by atoms with E-state index in [0.29, 0.717) is 18.7 Å². The summed E-state index contributed by atoms with van der Waals surface area (Å²) < 4.78 is 39.7. The number of nitrogens with zero attached hydrogens (tertiary/aromatic N) is 2. The van der Waals surface area contributed by atoms with E-state index in [2.05, 4.69) is 5.32 Å². The highest BCUT2D eigenvalue weighted by molar-refractivity contribution is 7.89. The smallest absolute Gasteiger partial charge is 0.252 e. The lowest BCUT2D eigenvalue weighted by Gasteiger charge is -2.16. The number of hydrogen-bond donors (Lipinski definition) is 1. The van der Waals surface area contributed by atoms with Gasteiger partial charge in [0.05, 0.1) is 11.0 Å². The zero-order valence-electron chi connectivity index (χ0n) is 14.4. The minimum atomic E-state index is -3.64. The Bertz CT molecular complexity index is 978. The molecule has 0 unspecified atom stereocenters. The lowest BCUT2D eigenvalue weighted by atomic mass is 10.1. The van der Waals surface area contributed by atoms with Gasteiger partial charge in [0, 0.05) is 18.7 Å². The molecule has 1 amide bonds. The van der Waals surface area contributed by atoms with Crippen molar-refractivity contribution in [1.29, 1.82) is 5.26 Å². The van der Waals surface area contributed by atoms with Crippen LogP contribution in [0.5, 0.6) is 0 Å². The Kier molecular flexibility index (Phi) is 5.54. The summed E-state index contributed by atoms with van der Waals surface area (Å²) in [6.45, 7) is 0.944. The number of amides is 1. The van der Waals surface area contributed by atoms with Crippen LogP contribution in [0.1, 0.15) is 34.8 Å². The van der Waals surface area contributed by atoms with Crippen LogP contribution in [0.4, 0.5) is 4.39 Å². The fraction of sp³-hybridized carbons (Fsp3) is 0.263. The molecule has 0 spiro atoms. The van der Waals surface area contributed by atoms with Crippen molar-refractivity contribution in [3.05, 3.63) is 65.5 Å². The Morgan fingerprint density at radius 2 is 1.81 bits per heavy atom. The fourth-order valence-corrected chi connectivity index (χ4v) is 4.50. The molecule has 1 atom stereocenters. The maximum atomic E-state index is 13.0. The van der Waals surface area contributed by atoms with Gasteiger partial charge in [-0.1, -0.05) is 18.2 Å². The molecule has 0 saturated carbocycles. The van der Waals surface area contributed by atoms with Crippen LogP contribution in [0.2, 0.25) is 0 Å². The third-order valence-electron chi connectivity index (χ3n) is 4.41. The van der Waals surface area contributed by atoms with Crippen molar-refractivity contribution in [1.82, 2.24) is 9.62 Å². The van der Waals surface area contributed by atoms with Gasteiger partial charge in [-0.15, -0.1) is 0 Å². The van der Waals surface area contributed by atoms with E-state index in [9.17, 15) is 22.9 Å². The summed E-state index contributed by atoms with van der Waals surface area (Å²) in [5, 5.41) is 11.8. The first kappa shape index (κ1) is 19.0. The molecule has 1 heterocycles. The molecule has 27 heavy (non-hydrogen) atoms. The van der Waals surface area contributed by atoms with Gasteiger partial charge >= 0.3 is 0 Å². The molecule has 0 bridgehead atoms. The van der Waals surface area contributed by atoms with Crippen LogP contribution in [-0.2, 0) is 10.0 Å². The van der Waals surface area contributed by atoms with Crippen molar-refractivity contribution in [3.63, 3.8) is 0 Å². The Morgan fingerprint density at radius 1 is 1.15 bits per heavy atom. The lowest BCUT2D eigenvalue weighted by molar-refractivity contribution is 0.0945. The first-order valence-electron chi connectivity index (χ1n) is 8.48. The van der Waals surface area contributed by atoms with Crippen molar-refractivity contribution in [2.24, 2.45) is 0 Å². The zero-order valence-corrected chi connectivity index (χ0v) is 15.2. The van der Waals surface area contributed by atoms with Gasteiger partial charge in [-0.05, 0) is 48.7 Å². The number of hydrogen-bond acceptors (Lipinski definition) is 4. The van der Waals surface area contributed by atoms with Crippen molar-refractivity contribution >= 4 is 15.9 Å². The second-order valence-corrected chi connectivity index (χ2v) is 8.16. The van der Waals surface area contributed by atoms with Crippen molar-refractivity contribution in [2.75, 3.05) is 13.1 Å². The largest absolute Gasteiger partial charge is 0.333 e. The predicted molar refractivity (Wildman–Crippen MR) is 96.7 cm³/mol. The number of nitrogens with one attached hydrogen (secondary N) is 1. The maximum Gasteiger partial charge on any atom is 0.252 e. The summed E-state index contributed by atoms with van der Waals surface area (Å²) in [6, 6.07) is 11.9. The highest BCUT2D eigenvalue weighted by Gasteiger charge is 2.27. The molecule has 6 nitrogen and oxygen atoms in total. The number of nitriles is 1. The fourth-order valence-electron chi connectivity index (χ4n) is 2.94. The molecule has 3 rings (SSSR count). The molecule has 1 N–H and O–H groups in total. The van der Waals surface area contributed by atoms with E-state index >= 15 is 0 Å². The molecule has 0 aliphatic carbocycles. The summed E-state index contributed by atoms with van der Waals surface area (Å²) in [4.78, 5) is 12.6. The van der Waals surface area contributed by atoms with Crippen LogP contribution in [-0.4, -0.2) is 31.7 Å². The normalized spacial score (nSPS) is 15.9. The predicted octanol–water partition coefficient (Wildman–Crippen LogP) is 2.60. The number of sulfonamides is 1. The molecular weight excluding hydrogens is 369 g/mol. The lowest BCUT2D eigenvalue weighted by Crippen LogP contribution is -2.29. The van der Waals surface area contributed by atoms with Gasteiger partial charge in [-0.2, -0.15) is 9.57 Å². The second-order valence-electron chi connectivity index (χ2n) is 6.23. The highest BCUT2D eigenvalue weighted by atomic mass is 32.2. The van der Waals surface area contributed by atoms with Crippen molar-refractivity contribution in [2.45, 2.75) is 23.8 Å². The SMILES string of the molecule is N#C[C@@H](NC(=O)c1cccc(S(=O)(=O)N2CCCC2)c1)c1ccc(F)cc1. The average Bonchev–Trinajstić information content (AvgIpc) is 3.22. The number of halogens is 1. The Morgan fingerprint density at radius 3 is 2.44 bits per heavy atom. The van der Waals surface area contributed by atoms with Crippen LogP contribution >= 0.6 is 0 Å². The summed E-state index contributed by atoms with van der Waals surface area (Å²) >= 11 is 0.